The van der Waals surface area contributed by atoms with Gasteiger partial charge in [0.2, 0.25) is 11.8 Å². The molecule has 0 radical (unpaired) electrons. The molecule has 0 unspecified atom stereocenters. The third-order valence-corrected chi connectivity index (χ3v) is 26.7. The predicted molar refractivity (Wildman–Crippen MR) is 493 cm³/mol. The lowest BCUT2D eigenvalue weighted by Gasteiger charge is -2.38. The highest BCUT2D eigenvalue weighted by molar-refractivity contribution is 14.1. The highest BCUT2D eigenvalue weighted by Gasteiger charge is 2.52. The van der Waals surface area contributed by atoms with Gasteiger partial charge in [0.15, 0.2) is 28.1 Å². The number of nitrogens with two attached hydrogens (primary N) is 3. The molecular weight excluding hydrogens is 1790 g/mol. The molecule has 3 aliphatic carbocycles. The number of nitrogen functional groups attached to an aromatic ring is 1. The molecule has 12 heterocycles. The Labute approximate surface area is 742 Å². The number of carbonyl (C=O) groups is 2. The van der Waals surface area contributed by atoms with Gasteiger partial charge in [0.1, 0.15) is 60.6 Å². The van der Waals surface area contributed by atoms with E-state index in [2.05, 4.69) is 184 Å². The normalized spacial score (nSPS) is 21.4. The lowest BCUT2D eigenvalue weighted by molar-refractivity contribution is -0.118. The number of halogens is 2. The van der Waals surface area contributed by atoms with Crippen molar-refractivity contribution in [2.24, 2.45) is 11.5 Å². The van der Waals surface area contributed by atoms with E-state index in [1.165, 1.54) is 37.6 Å². The van der Waals surface area contributed by atoms with Gasteiger partial charge in [0.05, 0.1) is 85.1 Å². The number of amides is 2. The Balaban J connectivity index is 0.000000126. The topological polar surface area (TPSA) is 399 Å². The maximum Gasteiger partial charge on any atom is 0.494 e. The van der Waals surface area contributed by atoms with Gasteiger partial charge in [-0.25, -0.2) is 43.9 Å². The molecule has 7 aliphatic rings. The van der Waals surface area contributed by atoms with Crippen LogP contribution in [0.4, 0.5) is 40.9 Å². The van der Waals surface area contributed by atoms with Gasteiger partial charge in [-0.2, -0.15) is 25.3 Å². The van der Waals surface area contributed by atoms with E-state index in [1.54, 1.807) is 12.7 Å². The van der Waals surface area contributed by atoms with Crippen LogP contribution in [0.2, 0.25) is 0 Å². The smallest absolute Gasteiger partial charge is 0.423 e. The molecule has 8 aromatic heterocycles. The van der Waals surface area contributed by atoms with E-state index < -0.39 is 0 Å². The summed E-state index contributed by atoms with van der Waals surface area (Å²) in [5.74, 6) is 1.17. The number of hydrogen-bond donors (Lipinski definition) is 7. The summed E-state index contributed by atoms with van der Waals surface area (Å²) in [5, 5.41) is 30.3. The largest absolute Gasteiger partial charge is 0.494 e. The molecule has 0 bridgehead atoms. The van der Waals surface area contributed by atoms with Crippen LogP contribution in [0, 0.1) is 35.1 Å². The van der Waals surface area contributed by atoms with Crippen LogP contribution in [0.15, 0.2) is 101 Å². The molecule has 10 N–H and O–H groups in total. The van der Waals surface area contributed by atoms with E-state index in [0.29, 0.717) is 72.8 Å². The number of nitrogens with one attached hydrogen (secondary N) is 4. The number of nitrogens with zero attached hydrogens (tertiary/aromatic N) is 17. The summed E-state index contributed by atoms with van der Waals surface area (Å²) < 4.78 is 48.6. The molecule has 33 nitrogen and oxygen atoms in total. The van der Waals surface area contributed by atoms with Gasteiger partial charge < -0.3 is 70.8 Å². The van der Waals surface area contributed by atoms with E-state index in [4.69, 9.17) is 69.8 Å². The fourth-order valence-corrected chi connectivity index (χ4v) is 19.5. The number of primary amides is 2. The summed E-state index contributed by atoms with van der Waals surface area (Å²) in [7, 11) is -0.362. The van der Waals surface area contributed by atoms with E-state index in [0.717, 1.165) is 238 Å². The lowest BCUT2D eigenvalue weighted by atomic mass is 9.79. The van der Waals surface area contributed by atoms with Crippen LogP contribution in [-0.2, 0) is 33.1 Å². The number of aryl methyl sites for hydroxylation is 4. The highest BCUT2D eigenvalue weighted by Crippen LogP contribution is 2.42. The third kappa shape index (κ3) is 20.1. The fourth-order valence-electron chi connectivity index (χ4n) is 18.1. The Morgan fingerprint density at radius 1 is 0.472 bits per heavy atom. The number of ether oxygens (including phenoxy) is 3. The van der Waals surface area contributed by atoms with E-state index in [1.807, 2.05) is 74.5 Å². The van der Waals surface area contributed by atoms with Gasteiger partial charge in [-0.1, -0.05) is 36.4 Å². The predicted octanol–water partition coefficient (Wildman–Crippen LogP) is 12.9. The summed E-state index contributed by atoms with van der Waals surface area (Å²) in [6.07, 6.45) is 18.7. The van der Waals surface area contributed by atoms with Crippen molar-refractivity contribution in [3.05, 3.63) is 121 Å². The van der Waals surface area contributed by atoms with E-state index in [9.17, 15) is 9.59 Å². The van der Waals surface area contributed by atoms with Gasteiger partial charge in [0.25, 0.3) is 12.0 Å². The van der Waals surface area contributed by atoms with Crippen molar-refractivity contribution in [3.8, 4) is 11.3 Å². The minimum Gasteiger partial charge on any atom is -0.423 e. The average Bonchev–Trinajstić information content (AvgIpc) is 1.62. The number of oxazole rings is 2. The molecule has 0 spiro atoms. The number of carbonyl (C=O) groups excluding carboxylic acids is 2. The second-order valence-electron chi connectivity index (χ2n) is 34.1. The number of rotatable bonds is 20. The van der Waals surface area contributed by atoms with Crippen molar-refractivity contribution in [2.45, 2.75) is 193 Å². The van der Waals surface area contributed by atoms with Crippen molar-refractivity contribution < 1.29 is 41.9 Å². The summed E-state index contributed by atoms with van der Waals surface area (Å²) in [6.45, 7) is 28.6. The van der Waals surface area contributed by atoms with Crippen molar-refractivity contribution in [1.29, 1.82) is 0 Å². The van der Waals surface area contributed by atoms with Gasteiger partial charge in [0, 0.05) is 100 Å². The van der Waals surface area contributed by atoms with Crippen molar-refractivity contribution in [3.63, 3.8) is 0 Å². The van der Waals surface area contributed by atoms with Crippen LogP contribution in [0.1, 0.15) is 158 Å². The van der Waals surface area contributed by atoms with Crippen LogP contribution < -0.4 is 43.9 Å². The Hall–Kier alpha value is -9.39. The molecule has 12 aromatic rings. The number of aromatic nitrogens is 14. The Morgan fingerprint density at radius 2 is 0.837 bits per heavy atom. The molecule has 4 saturated heterocycles. The Kier molecular flexibility index (Phi) is 27.3. The quantitative estimate of drug-likeness (QED) is 0.0275. The second kappa shape index (κ2) is 38.6. The first-order chi connectivity index (χ1) is 59.4. The molecular formula is C87H111BI2N24O9. The molecule has 4 aromatic carbocycles. The van der Waals surface area contributed by atoms with E-state index in [-0.39, 0.29) is 49.0 Å². The monoisotopic (exact) mass is 1900 g/mol. The zero-order valence-electron chi connectivity index (χ0n) is 71.3. The van der Waals surface area contributed by atoms with Crippen molar-refractivity contribution in [1.82, 2.24) is 83.9 Å². The molecule has 123 heavy (non-hydrogen) atoms. The number of morpholine rings is 3. The maximum atomic E-state index is 11.4. The van der Waals surface area contributed by atoms with Crippen LogP contribution in [0.25, 0.3) is 66.6 Å². The number of benzene rings is 4. The second-order valence-corrected chi connectivity index (χ2v) is 36.2. The molecule has 4 aliphatic heterocycles. The van der Waals surface area contributed by atoms with Crippen molar-refractivity contribution in [2.75, 3.05) is 119 Å². The van der Waals surface area contributed by atoms with E-state index >= 15 is 0 Å². The average molecular weight is 1900 g/mol. The fraction of sp³-hybridized carbons (Fsp3) is 0.506. The number of hydrogen-bond acceptors (Lipinski definition) is 28. The molecule has 3 saturated carbocycles. The number of anilines is 7. The first kappa shape index (κ1) is 87.1. The third-order valence-electron chi connectivity index (χ3n) is 25.2. The summed E-state index contributed by atoms with van der Waals surface area (Å²) in [6, 6.07) is 28.1. The summed E-state index contributed by atoms with van der Waals surface area (Å²) in [5.41, 5.74) is 30.7. The van der Waals surface area contributed by atoms with Crippen molar-refractivity contribution >= 4 is 166 Å². The molecule has 650 valence electrons. The molecule has 36 heteroatoms. The van der Waals surface area contributed by atoms with Gasteiger partial charge in [-0.3, -0.25) is 24.3 Å². The first-order valence-corrected chi connectivity index (χ1v) is 45.2. The minimum atomic E-state index is -0.368. The van der Waals surface area contributed by atoms with Gasteiger partial charge >= 0.3 is 7.12 Å². The van der Waals surface area contributed by atoms with Gasteiger partial charge in [-0.05, 0) is 242 Å². The molecule has 7 fully saturated rings. The first-order valence-electron chi connectivity index (χ1n) is 43.1. The van der Waals surface area contributed by atoms with Crippen LogP contribution >= 0.6 is 45.2 Å². The maximum absolute atomic E-state index is 11.4. The lowest BCUT2D eigenvalue weighted by Crippen LogP contribution is -2.45. The Morgan fingerprint density at radius 3 is 1.26 bits per heavy atom. The highest BCUT2D eigenvalue weighted by atomic mass is 127. The van der Waals surface area contributed by atoms with Crippen LogP contribution in [0.5, 0.6) is 0 Å². The summed E-state index contributed by atoms with van der Waals surface area (Å²) in [4.78, 5) is 66.0. The summed E-state index contributed by atoms with van der Waals surface area (Å²) >= 11 is 4.47. The number of fused-ring (bicyclic) bond motifs is 5. The molecule has 19 rings (SSSR count). The van der Waals surface area contributed by atoms with Gasteiger partial charge in [-0.15, -0.1) is 0 Å². The van der Waals surface area contributed by atoms with Crippen LogP contribution in [0.3, 0.4) is 0 Å². The standard InChI is InChI=1S/C33H39N9O3.C21H25BN2O3.C18H26IN7O2.C15H21IN6O/c1-20-17-21(2)30-26(18-20)39-33(45-30)38-23-5-3-22(4-6-23)29-28-31(35-12-11-27(34)43)36-19-37-32(28)42(40-29)25-9-7-24(8-10-25)41-13-15-44-16-14-41;1-13-11-14(2)18-17(12-13)24-19(25-18)23-16-9-7-15(8-10-16)22-26-20(3,4)21(5,6)27-22;19-16-15-17(21-6-5-14(20)27)22-11-23-18(15)26(24-16)13-3-1-12(2-4-13)25-7-9-28-10-8-25;16-13-12-14(17)18-9-19-15(12)22(20-13)11-3-1-10(2-4-11)21-5-7-23-8-6-21/h3-6,17-19,24-25H,7-16H2,1-2H3,(H2,34,43)(H,38,39)(H,35,36,37);7-12H,1-6H3,(H,23,24);11-13H,1-10H2,(H2,20,27)(H,21,22,23);9-11H,1-8H2,(H2,17,18,19). The molecule has 2 amide bonds. The van der Waals surface area contributed by atoms with Crippen LogP contribution in [-0.4, -0.2) is 224 Å². The zero-order chi connectivity index (χ0) is 85.6. The SMILES string of the molecule is Cc1cc(C)c2oc(Nc3ccc(-c4nn(C5CCC(N6CCOCC6)CC5)c5ncnc(NCCC(N)=O)c45)cc3)nc2c1.Cc1cc(C)c2oc(Nc3ccc(B4OC(C)(C)C(C)(C)O4)cc3)nc2c1.NC(=O)CCNc1ncnc2c1c(I)nn2C1CCC(N2CCOCC2)CC1.Nc1ncnc2c1c(I)nn2C1CCC(N2CCOCC2)CC1. The molecule has 0 atom stereocenters. The zero-order valence-corrected chi connectivity index (χ0v) is 75.6. The minimum absolute atomic E-state index is 0.204. The Bertz CT molecular complexity index is 5650.